The van der Waals surface area contributed by atoms with E-state index < -0.39 is 19.7 Å². The molecule has 1 atom stereocenters. The Hall–Kier alpha value is -2.94. The highest BCUT2D eigenvalue weighted by atomic mass is 32.2. The molecule has 0 aromatic heterocycles. The summed E-state index contributed by atoms with van der Waals surface area (Å²) >= 11 is 1.45. The van der Waals surface area contributed by atoms with Crippen molar-refractivity contribution in [3.8, 4) is 0 Å². The van der Waals surface area contributed by atoms with Gasteiger partial charge in [-0.3, -0.25) is 10.1 Å². The van der Waals surface area contributed by atoms with Gasteiger partial charge in [0.15, 0.2) is 0 Å². The first-order chi connectivity index (χ1) is 15.3. The molecule has 3 aromatic carbocycles. The summed E-state index contributed by atoms with van der Waals surface area (Å²) in [6.45, 7) is 5.89. The summed E-state index contributed by atoms with van der Waals surface area (Å²) in [7, 11) is -3.73. The van der Waals surface area contributed by atoms with Gasteiger partial charge in [-0.25, -0.2) is 13.1 Å². The average Bonchev–Trinajstić information content (AvgIpc) is 2.79. The summed E-state index contributed by atoms with van der Waals surface area (Å²) in [5.74, 6) is 0. The number of sulfonamides is 1. The van der Waals surface area contributed by atoms with E-state index in [1.54, 1.807) is 42.5 Å². The van der Waals surface area contributed by atoms with Crippen molar-refractivity contribution in [2.24, 2.45) is 0 Å². The van der Waals surface area contributed by atoms with Crippen LogP contribution >= 0.6 is 11.8 Å². The Balaban J connectivity index is 1.96. The fraction of sp³-hybridized carbons (Fsp3) is 0.167. The first-order valence-corrected chi connectivity index (χ1v) is 12.2. The lowest BCUT2D eigenvalue weighted by molar-refractivity contribution is -0.384. The number of nitro groups is 1. The Kier molecular flexibility index (Phi) is 7.50. The first-order valence-electron chi connectivity index (χ1n) is 9.92. The molecule has 0 saturated heterocycles. The van der Waals surface area contributed by atoms with E-state index in [1.165, 1.54) is 23.9 Å². The van der Waals surface area contributed by atoms with Gasteiger partial charge in [0.25, 0.3) is 5.69 Å². The highest BCUT2D eigenvalue weighted by Gasteiger charge is 2.34. The normalized spacial score (nSPS) is 13.3. The molecule has 6 nitrogen and oxygen atoms in total. The van der Waals surface area contributed by atoms with Crippen molar-refractivity contribution in [3.05, 3.63) is 113 Å². The maximum Gasteiger partial charge on any atom is 0.269 e. The van der Waals surface area contributed by atoms with Crippen LogP contribution in [0.2, 0.25) is 0 Å². The monoisotopic (exact) mass is 468 g/mol. The van der Waals surface area contributed by atoms with Crippen LogP contribution in [0.1, 0.15) is 17.5 Å². The SMILES string of the molecule is C=CCC(CNS(=O)(=O)c1ccc(C)cc1)(Sc1ccc([N+](=O)[O-])cc1)c1ccccc1. The van der Waals surface area contributed by atoms with Gasteiger partial charge in [-0.15, -0.1) is 18.3 Å². The van der Waals surface area contributed by atoms with Crippen molar-refractivity contribution in [2.45, 2.75) is 27.9 Å². The number of benzene rings is 3. The fourth-order valence-corrected chi connectivity index (χ4v) is 5.79. The molecule has 0 bridgehead atoms. The zero-order chi connectivity index (χ0) is 23.2. The Morgan fingerprint density at radius 1 is 1.03 bits per heavy atom. The van der Waals surface area contributed by atoms with Crippen LogP contribution in [-0.2, 0) is 14.8 Å². The maximum atomic E-state index is 13.0. The predicted octanol–water partition coefficient (Wildman–Crippen LogP) is 5.45. The number of nitrogens with zero attached hydrogens (tertiary/aromatic N) is 1. The number of non-ortho nitro benzene ring substituents is 1. The van der Waals surface area contributed by atoms with Gasteiger partial charge in [-0.05, 0) is 43.2 Å². The van der Waals surface area contributed by atoms with Crippen LogP contribution in [0.4, 0.5) is 5.69 Å². The quantitative estimate of drug-likeness (QED) is 0.185. The minimum absolute atomic E-state index is 0.00320. The molecule has 0 aliphatic rings. The molecule has 166 valence electrons. The number of nitrogens with one attached hydrogen (secondary N) is 1. The third kappa shape index (κ3) is 5.64. The van der Waals surface area contributed by atoms with Crippen molar-refractivity contribution in [2.75, 3.05) is 6.54 Å². The average molecular weight is 469 g/mol. The Morgan fingerprint density at radius 3 is 2.22 bits per heavy atom. The number of rotatable bonds is 10. The lowest BCUT2D eigenvalue weighted by Crippen LogP contribution is -2.38. The molecule has 1 unspecified atom stereocenters. The molecule has 0 fully saturated rings. The van der Waals surface area contributed by atoms with Crippen molar-refractivity contribution in [3.63, 3.8) is 0 Å². The molecular weight excluding hydrogens is 444 g/mol. The zero-order valence-electron chi connectivity index (χ0n) is 17.6. The molecule has 0 heterocycles. The second-order valence-corrected chi connectivity index (χ2v) is 10.6. The van der Waals surface area contributed by atoms with Gasteiger partial charge in [-0.2, -0.15) is 0 Å². The number of nitro benzene ring substituents is 1. The highest BCUT2D eigenvalue weighted by molar-refractivity contribution is 8.00. The van der Waals surface area contributed by atoms with Gasteiger partial charge in [-0.1, -0.05) is 54.1 Å². The van der Waals surface area contributed by atoms with E-state index in [0.717, 1.165) is 16.0 Å². The Labute approximate surface area is 192 Å². The van der Waals surface area contributed by atoms with Gasteiger partial charge >= 0.3 is 0 Å². The van der Waals surface area contributed by atoms with Crippen LogP contribution in [0.3, 0.4) is 0 Å². The molecule has 8 heteroatoms. The molecule has 0 aliphatic heterocycles. The molecule has 32 heavy (non-hydrogen) atoms. The van der Waals surface area contributed by atoms with Gasteiger partial charge < -0.3 is 0 Å². The molecule has 0 aliphatic carbocycles. The van der Waals surface area contributed by atoms with Gasteiger partial charge in [0.2, 0.25) is 10.0 Å². The van der Waals surface area contributed by atoms with E-state index in [4.69, 9.17) is 0 Å². The summed E-state index contributed by atoms with van der Waals surface area (Å²) in [5.41, 5.74) is 1.90. The summed E-state index contributed by atoms with van der Waals surface area (Å²) in [5, 5.41) is 11.0. The number of allylic oxidation sites excluding steroid dienone is 1. The van der Waals surface area contributed by atoms with Crippen LogP contribution < -0.4 is 4.72 Å². The van der Waals surface area contributed by atoms with Crippen LogP contribution in [0.15, 0.2) is 101 Å². The van der Waals surface area contributed by atoms with E-state index in [9.17, 15) is 18.5 Å². The second kappa shape index (κ2) is 10.1. The van der Waals surface area contributed by atoms with Crippen LogP contribution in [0, 0.1) is 17.0 Å². The molecule has 1 N–H and O–H groups in total. The number of hydrogen-bond donors (Lipinski definition) is 1. The van der Waals surface area contributed by atoms with Crippen molar-refractivity contribution < 1.29 is 13.3 Å². The third-order valence-electron chi connectivity index (χ3n) is 5.01. The van der Waals surface area contributed by atoms with Gasteiger partial charge in [0.1, 0.15) is 0 Å². The summed E-state index contributed by atoms with van der Waals surface area (Å²) in [4.78, 5) is 11.5. The van der Waals surface area contributed by atoms with Crippen molar-refractivity contribution in [1.82, 2.24) is 4.72 Å². The molecule has 0 spiro atoms. The molecule has 3 rings (SSSR count). The lowest BCUT2D eigenvalue weighted by atomic mass is 9.95. The highest BCUT2D eigenvalue weighted by Crippen LogP contribution is 2.44. The maximum absolute atomic E-state index is 13.0. The van der Waals surface area contributed by atoms with E-state index in [-0.39, 0.29) is 17.1 Å². The van der Waals surface area contributed by atoms with E-state index >= 15 is 0 Å². The van der Waals surface area contributed by atoms with E-state index in [2.05, 4.69) is 11.3 Å². The smallest absolute Gasteiger partial charge is 0.258 e. The summed E-state index contributed by atoms with van der Waals surface area (Å²) in [6, 6.07) is 22.5. The van der Waals surface area contributed by atoms with Crippen LogP contribution in [0.5, 0.6) is 0 Å². The van der Waals surface area contributed by atoms with Crippen LogP contribution in [-0.4, -0.2) is 19.9 Å². The fourth-order valence-electron chi connectivity index (χ4n) is 3.28. The first kappa shape index (κ1) is 23.7. The summed E-state index contributed by atoms with van der Waals surface area (Å²) < 4.78 is 28.0. The minimum atomic E-state index is -3.73. The van der Waals surface area contributed by atoms with Gasteiger partial charge in [0.05, 0.1) is 14.6 Å². The Bertz CT molecular complexity index is 1180. The Morgan fingerprint density at radius 2 is 1.66 bits per heavy atom. The largest absolute Gasteiger partial charge is 0.269 e. The molecule has 0 saturated carbocycles. The number of aryl methyl sites for hydroxylation is 1. The van der Waals surface area contributed by atoms with E-state index in [0.29, 0.717) is 6.42 Å². The van der Waals surface area contributed by atoms with Crippen molar-refractivity contribution >= 4 is 27.5 Å². The lowest BCUT2D eigenvalue weighted by Gasteiger charge is -2.33. The zero-order valence-corrected chi connectivity index (χ0v) is 19.2. The minimum Gasteiger partial charge on any atom is -0.258 e. The molecule has 0 radical (unpaired) electrons. The predicted molar refractivity (Wildman–Crippen MR) is 128 cm³/mol. The molecule has 0 amide bonds. The van der Waals surface area contributed by atoms with Gasteiger partial charge in [0, 0.05) is 23.6 Å². The number of thioether (sulfide) groups is 1. The van der Waals surface area contributed by atoms with Crippen LogP contribution in [0.25, 0.3) is 0 Å². The standard InChI is InChI=1S/C24H24N2O4S2/c1-3-17-24(20-7-5-4-6-8-20,31-22-13-11-21(12-14-22)26(27)28)18-25-32(29,30)23-15-9-19(2)10-16-23/h3-16,25H,1,17-18H2,2H3. The van der Waals surface area contributed by atoms with Crippen molar-refractivity contribution in [1.29, 1.82) is 0 Å². The van der Waals surface area contributed by atoms with E-state index in [1.807, 2.05) is 37.3 Å². The number of hydrogen-bond acceptors (Lipinski definition) is 5. The topological polar surface area (TPSA) is 89.3 Å². The molecule has 3 aromatic rings. The third-order valence-corrected chi connectivity index (χ3v) is 7.88. The molecular formula is C24H24N2O4S2. The second-order valence-electron chi connectivity index (χ2n) is 7.34. The summed E-state index contributed by atoms with van der Waals surface area (Å²) in [6.07, 6.45) is 2.24.